The average Bonchev–Trinajstić information content (AvgIpc) is 2.58. The molecule has 2 N–H and O–H groups in total. The number of nitrogens with zero attached hydrogens (tertiary/aromatic N) is 1. The Labute approximate surface area is 91.2 Å². The Kier molecular flexibility index (Phi) is 3.51. The molecule has 0 bridgehead atoms. The number of pyridine rings is 1. The van der Waals surface area contributed by atoms with Crippen LogP contribution in [0.15, 0.2) is 36.2 Å². The zero-order valence-corrected chi connectivity index (χ0v) is 9.02. The summed E-state index contributed by atoms with van der Waals surface area (Å²) in [5.74, 6) is 0. The van der Waals surface area contributed by atoms with Crippen molar-refractivity contribution in [2.24, 2.45) is 5.73 Å². The highest BCUT2D eigenvalue weighted by Crippen LogP contribution is 2.26. The molecule has 1 heterocycles. The number of nitrogens with two attached hydrogens (primary N) is 1. The molecule has 1 aromatic heterocycles. The smallest absolute Gasteiger partial charge is 0.0526 e. The summed E-state index contributed by atoms with van der Waals surface area (Å²) >= 11 is 0. The highest BCUT2D eigenvalue weighted by Gasteiger charge is 2.12. The van der Waals surface area contributed by atoms with Crippen LogP contribution in [0.3, 0.4) is 0 Å². The highest BCUT2D eigenvalue weighted by atomic mass is 14.7. The van der Waals surface area contributed by atoms with E-state index in [1.54, 1.807) is 6.20 Å². The fourth-order valence-corrected chi connectivity index (χ4v) is 2.10. The van der Waals surface area contributed by atoms with Crippen LogP contribution < -0.4 is 5.73 Å². The highest BCUT2D eigenvalue weighted by molar-refractivity contribution is 5.25. The van der Waals surface area contributed by atoms with Crippen LogP contribution in [0.2, 0.25) is 0 Å². The Morgan fingerprint density at radius 1 is 1.27 bits per heavy atom. The normalized spacial score (nSPS) is 19.1. The largest absolute Gasteiger partial charge is 0.320 e. The molecule has 0 saturated carbocycles. The number of hydrogen-bond donors (Lipinski definition) is 1. The van der Waals surface area contributed by atoms with Gasteiger partial charge >= 0.3 is 0 Å². The average molecular weight is 202 g/mol. The van der Waals surface area contributed by atoms with Crippen molar-refractivity contribution in [1.29, 1.82) is 0 Å². The zero-order valence-electron chi connectivity index (χ0n) is 9.02. The molecule has 0 fully saturated rings. The van der Waals surface area contributed by atoms with Crippen LogP contribution in [-0.2, 0) is 0 Å². The minimum absolute atomic E-state index is 0.0526. The lowest BCUT2D eigenvalue weighted by molar-refractivity contribution is 0.687. The summed E-state index contributed by atoms with van der Waals surface area (Å²) in [6.45, 7) is 0. The second-order valence-electron chi connectivity index (χ2n) is 4.14. The molecule has 1 aliphatic rings. The van der Waals surface area contributed by atoms with E-state index in [1.807, 2.05) is 12.3 Å². The molecule has 15 heavy (non-hydrogen) atoms. The Morgan fingerprint density at radius 2 is 2.20 bits per heavy atom. The van der Waals surface area contributed by atoms with Crippen molar-refractivity contribution in [2.45, 2.75) is 38.1 Å². The number of allylic oxidation sites excluding steroid dienone is 1. The van der Waals surface area contributed by atoms with Crippen molar-refractivity contribution in [1.82, 2.24) is 4.98 Å². The first-order valence-corrected chi connectivity index (χ1v) is 5.72. The Hall–Kier alpha value is -1.15. The van der Waals surface area contributed by atoms with E-state index in [0.29, 0.717) is 0 Å². The molecule has 0 aliphatic heterocycles. The SMILES string of the molecule is NC(C1=CCCCCC1)c1cccnc1. The standard InChI is InChI=1S/C13H18N2/c14-13(12-8-5-9-15-10-12)11-6-3-1-2-4-7-11/h5-6,8-10,13H,1-4,7,14H2. The molecule has 1 unspecified atom stereocenters. The number of aromatic nitrogens is 1. The van der Waals surface area contributed by atoms with Gasteiger partial charge in [0.25, 0.3) is 0 Å². The van der Waals surface area contributed by atoms with Crippen molar-refractivity contribution in [3.63, 3.8) is 0 Å². The van der Waals surface area contributed by atoms with Gasteiger partial charge in [0.15, 0.2) is 0 Å². The van der Waals surface area contributed by atoms with Crippen molar-refractivity contribution >= 4 is 0 Å². The second kappa shape index (κ2) is 5.08. The van der Waals surface area contributed by atoms with Crippen LogP contribution in [-0.4, -0.2) is 4.98 Å². The van der Waals surface area contributed by atoms with Gasteiger partial charge in [-0.1, -0.05) is 24.1 Å². The third kappa shape index (κ3) is 2.66. The Morgan fingerprint density at radius 3 is 3.00 bits per heavy atom. The van der Waals surface area contributed by atoms with Crippen molar-refractivity contribution < 1.29 is 0 Å². The summed E-state index contributed by atoms with van der Waals surface area (Å²) in [5.41, 5.74) is 8.75. The third-order valence-electron chi connectivity index (χ3n) is 3.02. The molecule has 80 valence electrons. The van der Waals surface area contributed by atoms with E-state index in [9.17, 15) is 0 Å². The van der Waals surface area contributed by atoms with Crippen LogP contribution in [0.1, 0.15) is 43.7 Å². The monoisotopic (exact) mass is 202 g/mol. The number of hydrogen-bond acceptors (Lipinski definition) is 2. The summed E-state index contributed by atoms with van der Waals surface area (Å²) in [5, 5.41) is 0. The molecule has 0 spiro atoms. The van der Waals surface area contributed by atoms with Gasteiger partial charge in [0.1, 0.15) is 0 Å². The Bertz CT molecular complexity index is 330. The van der Waals surface area contributed by atoms with E-state index >= 15 is 0 Å². The molecule has 0 amide bonds. The molecule has 1 aliphatic carbocycles. The summed E-state index contributed by atoms with van der Waals surface area (Å²) in [6.07, 6.45) is 12.2. The zero-order chi connectivity index (χ0) is 10.5. The molecule has 1 atom stereocenters. The van der Waals surface area contributed by atoms with Gasteiger partial charge in [-0.3, -0.25) is 4.98 Å². The maximum Gasteiger partial charge on any atom is 0.0526 e. The van der Waals surface area contributed by atoms with E-state index in [0.717, 1.165) is 12.0 Å². The molecule has 0 saturated heterocycles. The van der Waals surface area contributed by atoms with Gasteiger partial charge in [0, 0.05) is 12.4 Å². The van der Waals surface area contributed by atoms with Crippen LogP contribution >= 0.6 is 0 Å². The summed E-state index contributed by atoms with van der Waals surface area (Å²) < 4.78 is 0. The molecule has 0 radical (unpaired) electrons. The lowest BCUT2D eigenvalue weighted by Crippen LogP contribution is -2.13. The first-order valence-electron chi connectivity index (χ1n) is 5.72. The van der Waals surface area contributed by atoms with Crippen LogP contribution in [0.5, 0.6) is 0 Å². The van der Waals surface area contributed by atoms with Crippen molar-refractivity contribution in [2.75, 3.05) is 0 Å². The van der Waals surface area contributed by atoms with Gasteiger partial charge in [-0.05, 0) is 37.3 Å². The van der Waals surface area contributed by atoms with Gasteiger partial charge in [-0.15, -0.1) is 0 Å². The fraction of sp³-hybridized carbons (Fsp3) is 0.462. The van der Waals surface area contributed by atoms with Gasteiger partial charge in [0.05, 0.1) is 6.04 Å². The topological polar surface area (TPSA) is 38.9 Å². The minimum Gasteiger partial charge on any atom is -0.320 e. The van der Waals surface area contributed by atoms with E-state index < -0.39 is 0 Å². The van der Waals surface area contributed by atoms with E-state index in [-0.39, 0.29) is 6.04 Å². The van der Waals surface area contributed by atoms with Crippen LogP contribution in [0, 0.1) is 0 Å². The maximum atomic E-state index is 6.23. The van der Waals surface area contributed by atoms with E-state index in [2.05, 4.69) is 17.1 Å². The molecule has 2 nitrogen and oxygen atoms in total. The minimum atomic E-state index is 0.0526. The van der Waals surface area contributed by atoms with Crippen molar-refractivity contribution in [3.05, 3.63) is 41.7 Å². The maximum absolute atomic E-state index is 6.23. The lowest BCUT2D eigenvalue weighted by atomic mass is 9.97. The first kappa shape index (κ1) is 10.4. The molecule has 0 aromatic carbocycles. The van der Waals surface area contributed by atoms with Crippen LogP contribution in [0.4, 0.5) is 0 Å². The molecule has 2 rings (SSSR count). The summed E-state index contributed by atoms with van der Waals surface area (Å²) in [4.78, 5) is 4.12. The second-order valence-corrected chi connectivity index (χ2v) is 4.14. The van der Waals surface area contributed by atoms with Crippen LogP contribution in [0.25, 0.3) is 0 Å². The van der Waals surface area contributed by atoms with Gasteiger partial charge in [-0.2, -0.15) is 0 Å². The van der Waals surface area contributed by atoms with Crippen molar-refractivity contribution in [3.8, 4) is 0 Å². The molecular weight excluding hydrogens is 184 g/mol. The predicted molar refractivity (Wildman–Crippen MR) is 62.3 cm³/mol. The van der Waals surface area contributed by atoms with Gasteiger partial charge < -0.3 is 5.73 Å². The Balaban J connectivity index is 2.13. The first-order chi connectivity index (χ1) is 7.38. The molecule has 1 aromatic rings. The van der Waals surface area contributed by atoms with Gasteiger partial charge in [-0.25, -0.2) is 0 Å². The number of rotatable bonds is 2. The molecule has 2 heteroatoms. The fourth-order valence-electron chi connectivity index (χ4n) is 2.10. The van der Waals surface area contributed by atoms with E-state index in [1.165, 1.54) is 31.3 Å². The van der Waals surface area contributed by atoms with Gasteiger partial charge in [0.2, 0.25) is 0 Å². The third-order valence-corrected chi connectivity index (χ3v) is 3.02. The quantitative estimate of drug-likeness (QED) is 0.749. The summed E-state index contributed by atoms with van der Waals surface area (Å²) in [6, 6.07) is 4.06. The molecular formula is C13H18N2. The van der Waals surface area contributed by atoms with E-state index in [4.69, 9.17) is 5.73 Å². The lowest BCUT2D eigenvalue weighted by Gasteiger charge is -2.15. The predicted octanol–water partition coefficient (Wildman–Crippen LogP) is 2.97. The summed E-state index contributed by atoms with van der Waals surface area (Å²) in [7, 11) is 0.